The number of hydrogen-bond acceptors (Lipinski definition) is 6. The number of benzene rings is 1. The van der Waals surface area contributed by atoms with Crippen molar-refractivity contribution in [3.63, 3.8) is 0 Å². The first-order chi connectivity index (χ1) is 9.85. The summed E-state index contributed by atoms with van der Waals surface area (Å²) in [7, 11) is 1.51. The van der Waals surface area contributed by atoms with Gasteiger partial charge in [0.05, 0.1) is 24.4 Å². The van der Waals surface area contributed by atoms with Crippen molar-refractivity contribution in [3.8, 4) is 5.75 Å². The maximum absolute atomic E-state index is 11.9. The van der Waals surface area contributed by atoms with Crippen LogP contribution in [0.25, 0.3) is 0 Å². The Morgan fingerprint density at radius 3 is 2.52 bits per heavy atom. The molecular formula is C14H19ClN2O4. The van der Waals surface area contributed by atoms with E-state index in [2.05, 4.69) is 10.9 Å². The number of carbonyl (C=O) groups is 2. The van der Waals surface area contributed by atoms with Gasteiger partial charge in [-0.25, -0.2) is 10.2 Å². The van der Waals surface area contributed by atoms with Crippen LogP contribution in [0.3, 0.4) is 0 Å². The number of ether oxygens (including phenoxy) is 2. The maximum Gasteiger partial charge on any atom is 0.335 e. The van der Waals surface area contributed by atoms with E-state index in [1.165, 1.54) is 21.0 Å². The number of methoxy groups -OCH3 is 1. The zero-order valence-electron chi connectivity index (χ0n) is 12.5. The van der Waals surface area contributed by atoms with E-state index in [0.29, 0.717) is 16.5 Å². The van der Waals surface area contributed by atoms with E-state index in [4.69, 9.17) is 21.1 Å². The summed E-state index contributed by atoms with van der Waals surface area (Å²) >= 11 is 6.00. The summed E-state index contributed by atoms with van der Waals surface area (Å²) < 4.78 is 9.95. The molecule has 0 saturated heterocycles. The second-order valence-corrected chi connectivity index (χ2v) is 4.91. The van der Waals surface area contributed by atoms with Gasteiger partial charge in [0.1, 0.15) is 5.75 Å². The third-order valence-corrected chi connectivity index (χ3v) is 3.29. The number of halogens is 1. The van der Waals surface area contributed by atoms with Crippen LogP contribution in [-0.4, -0.2) is 31.0 Å². The maximum atomic E-state index is 11.9. The van der Waals surface area contributed by atoms with Crippen molar-refractivity contribution in [2.45, 2.75) is 26.3 Å². The predicted octanol–water partition coefficient (Wildman–Crippen LogP) is 2.18. The molecule has 6 nitrogen and oxygen atoms in total. The number of anilines is 1. The molecule has 0 amide bonds. The van der Waals surface area contributed by atoms with Crippen LogP contribution in [0.15, 0.2) is 18.2 Å². The number of hydrogen-bond donors (Lipinski definition) is 2. The highest BCUT2D eigenvalue weighted by molar-refractivity contribution is 6.32. The van der Waals surface area contributed by atoms with Crippen LogP contribution in [0.1, 0.15) is 20.8 Å². The number of rotatable bonds is 7. The lowest BCUT2D eigenvalue weighted by Gasteiger charge is -2.26. The van der Waals surface area contributed by atoms with Crippen LogP contribution in [0.2, 0.25) is 5.02 Å². The molecule has 1 unspecified atom stereocenters. The van der Waals surface area contributed by atoms with Crippen LogP contribution in [0, 0.1) is 0 Å². The molecule has 2 N–H and O–H groups in total. The van der Waals surface area contributed by atoms with E-state index in [1.807, 2.05) is 0 Å². The number of esters is 1. The van der Waals surface area contributed by atoms with Gasteiger partial charge in [-0.2, -0.15) is 0 Å². The minimum Gasteiger partial charge on any atom is -0.495 e. The lowest BCUT2D eigenvalue weighted by Crippen LogP contribution is -2.57. The molecule has 0 fully saturated rings. The summed E-state index contributed by atoms with van der Waals surface area (Å²) in [5.74, 6) is -0.486. The van der Waals surface area contributed by atoms with Crippen molar-refractivity contribution in [2.75, 3.05) is 19.1 Å². The predicted molar refractivity (Wildman–Crippen MR) is 80.5 cm³/mol. The summed E-state index contributed by atoms with van der Waals surface area (Å²) in [5.41, 5.74) is 4.57. The molecule has 0 bridgehead atoms. The van der Waals surface area contributed by atoms with Gasteiger partial charge in [-0.3, -0.25) is 4.79 Å². The van der Waals surface area contributed by atoms with Gasteiger partial charge in [0, 0.05) is 0 Å². The van der Waals surface area contributed by atoms with Crippen LogP contribution < -0.4 is 15.6 Å². The Morgan fingerprint density at radius 2 is 2.05 bits per heavy atom. The third kappa shape index (κ3) is 4.09. The Kier molecular flexibility index (Phi) is 5.99. The fourth-order valence-electron chi connectivity index (χ4n) is 1.50. The van der Waals surface area contributed by atoms with Gasteiger partial charge in [0.2, 0.25) is 0 Å². The molecule has 7 heteroatoms. The Bertz CT molecular complexity index is 536. The molecule has 116 valence electrons. The van der Waals surface area contributed by atoms with Gasteiger partial charge in [-0.15, -0.1) is 0 Å². The fraction of sp³-hybridized carbons (Fsp3) is 0.429. The molecule has 1 aromatic rings. The minimum atomic E-state index is -1.48. The summed E-state index contributed by atoms with van der Waals surface area (Å²) in [4.78, 5) is 23.6. The van der Waals surface area contributed by atoms with Gasteiger partial charge < -0.3 is 14.9 Å². The standard InChI is InChI=1S/C14H19ClN2O4/c1-5-21-13(19)14(3,9(2)18)17-16-10-6-7-12(20-4)11(15)8-10/h6-8,16-17H,5H2,1-4H3. The van der Waals surface area contributed by atoms with E-state index in [1.54, 1.807) is 25.1 Å². The van der Waals surface area contributed by atoms with Gasteiger partial charge >= 0.3 is 5.97 Å². The average Bonchev–Trinajstić information content (AvgIpc) is 2.44. The summed E-state index contributed by atoms with van der Waals surface area (Å²) in [6.07, 6.45) is 0. The first kappa shape index (κ1) is 17.3. The number of Topliss-reactive ketones (excluding diaryl/α,β-unsaturated/α-hetero) is 1. The second kappa shape index (κ2) is 7.28. The first-order valence-electron chi connectivity index (χ1n) is 6.40. The molecule has 0 aliphatic heterocycles. The van der Waals surface area contributed by atoms with Crippen molar-refractivity contribution in [1.82, 2.24) is 5.43 Å². The quantitative estimate of drug-likeness (QED) is 0.456. The topological polar surface area (TPSA) is 76.7 Å². The zero-order valence-corrected chi connectivity index (χ0v) is 13.2. The van der Waals surface area contributed by atoms with Crippen molar-refractivity contribution >= 4 is 29.0 Å². The van der Waals surface area contributed by atoms with Crippen molar-refractivity contribution < 1.29 is 19.1 Å². The first-order valence-corrected chi connectivity index (χ1v) is 6.78. The molecule has 0 aliphatic rings. The van der Waals surface area contributed by atoms with Gasteiger partial charge in [-0.1, -0.05) is 11.6 Å². The lowest BCUT2D eigenvalue weighted by molar-refractivity contribution is -0.153. The average molecular weight is 315 g/mol. The molecule has 0 aromatic heterocycles. The summed E-state index contributed by atoms with van der Waals surface area (Å²) in [5, 5.41) is 0.407. The normalized spacial score (nSPS) is 13.2. The molecule has 1 atom stereocenters. The van der Waals surface area contributed by atoms with Gasteiger partial charge in [-0.05, 0) is 39.0 Å². The van der Waals surface area contributed by atoms with Crippen LogP contribution in [0.5, 0.6) is 5.75 Å². The van der Waals surface area contributed by atoms with E-state index < -0.39 is 11.5 Å². The molecule has 0 aliphatic carbocycles. The van der Waals surface area contributed by atoms with Crippen LogP contribution in [-0.2, 0) is 14.3 Å². The SMILES string of the molecule is CCOC(=O)C(C)(NNc1ccc(OC)c(Cl)c1)C(C)=O. The van der Waals surface area contributed by atoms with Gasteiger partial charge in [0.15, 0.2) is 11.3 Å². The lowest BCUT2D eigenvalue weighted by atomic mass is 9.99. The molecule has 1 rings (SSSR count). The number of carbonyl (C=O) groups excluding carboxylic acids is 2. The number of ketones is 1. The highest BCUT2D eigenvalue weighted by atomic mass is 35.5. The van der Waals surface area contributed by atoms with E-state index >= 15 is 0 Å². The highest BCUT2D eigenvalue weighted by Gasteiger charge is 2.39. The molecule has 1 aromatic carbocycles. The number of nitrogens with one attached hydrogen (secondary N) is 2. The Hall–Kier alpha value is -1.79. The van der Waals surface area contributed by atoms with Crippen LogP contribution in [0.4, 0.5) is 5.69 Å². The molecule has 0 radical (unpaired) electrons. The van der Waals surface area contributed by atoms with Crippen molar-refractivity contribution in [1.29, 1.82) is 0 Å². The molecule has 0 saturated carbocycles. The molecule has 0 heterocycles. The fourth-order valence-corrected chi connectivity index (χ4v) is 1.76. The minimum absolute atomic E-state index is 0.192. The molecular weight excluding hydrogens is 296 g/mol. The van der Waals surface area contributed by atoms with E-state index in [9.17, 15) is 9.59 Å². The number of hydrazine groups is 1. The second-order valence-electron chi connectivity index (χ2n) is 4.50. The third-order valence-electron chi connectivity index (χ3n) is 3.00. The zero-order chi connectivity index (χ0) is 16.0. The summed E-state index contributed by atoms with van der Waals surface area (Å²) in [6, 6.07) is 4.98. The largest absolute Gasteiger partial charge is 0.495 e. The highest BCUT2D eigenvalue weighted by Crippen LogP contribution is 2.27. The van der Waals surface area contributed by atoms with Crippen LogP contribution >= 0.6 is 11.6 Å². The molecule has 21 heavy (non-hydrogen) atoms. The van der Waals surface area contributed by atoms with Crippen molar-refractivity contribution in [3.05, 3.63) is 23.2 Å². The Labute approximate surface area is 128 Å². The smallest absolute Gasteiger partial charge is 0.335 e. The monoisotopic (exact) mass is 314 g/mol. The molecule has 0 spiro atoms. The Balaban J connectivity index is 2.85. The van der Waals surface area contributed by atoms with Gasteiger partial charge in [0.25, 0.3) is 0 Å². The Morgan fingerprint density at radius 1 is 1.38 bits per heavy atom. The van der Waals surface area contributed by atoms with E-state index in [0.717, 1.165) is 0 Å². The summed E-state index contributed by atoms with van der Waals surface area (Å²) in [6.45, 7) is 4.63. The van der Waals surface area contributed by atoms with Crippen molar-refractivity contribution in [2.24, 2.45) is 0 Å². The van der Waals surface area contributed by atoms with E-state index in [-0.39, 0.29) is 12.4 Å².